The minimum atomic E-state index is -0.779. The van der Waals surface area contributed by atoms with Gasteiger partial charge in [-0.05, 0) is 18.6 Å². The van der Waals surface area contributed by atoms with E-state index in [4.69, 9.17) is 4.74 Å². The Balaban J connectivity index is 1.87. The molecule has 3 rings (SSSR count). The number of aromatic hydroxyl groups is 1. The van der Waals surface area contributed by atoms with Crippen LogP contribution in [-0.2, 0) is 16.1 Å². The van der Waals surface area contributed by atoms with E-state index in [2.05, 4.69) is 10.6 Å². The maximum Gasteiger partial charge on any atom is 0.338 e. The van der Waals surface area contributed by atoms with Gasteiger partial charge >= 0.3 is 12.0 Å². The summed E-state index contributed by atoms with van der Waals surface area (Å²) in [6.07, 6.45) is 0. The van der Waals surface area contributed by atoms with E-state index in [1.165, 1.54) is 6.07 Å². The normalized spacial score (nSPS) is 16.8. The molecule has 0 bridgehead atoms. The fourth-order valence-corrected chi connectivity index (χ4v) is 2.73. The molecule has 128 valence electrons. The third-order valence-electron chi connectivity index (χ3n) is 3.95. The van der Waals surface area contributed by atoms with Crippen LogP contribution in [0.4, 0.5) is 4.79 Å². The number of carbonyl (C=O) groups excluding carboxylic acids is 2. The summed E-state index contributed by atoms with van der Waals surface area (Å²) >= 11 is 0. The molecule has 0 saturated heterocycles. The molecule has 3 N–H and O–H groups in total. The third-order valence-corrected chi connectivity index (χ3v) is 3.95. The number of phenols is 1. The monoisotopic (exact) mass is 338 g/mol. The minimum absolute atomic E-state index is 0.00383. The van der Waals surface area contributed by atoms with Crippen molar-refractivity contribution in [3.8, 4) is 5.75 Å². The number of carbonyl (C=O) groups is 2. The highest BCUT2D eigenvalue weighted by molar-refractivity contribution is 5.95. The van der Waals surface area contributed by atoms with Gasteiger partial charge in [0.15, 0.2) is 0 Å². The topological polar surface area (TPSA) is 87.7 Å². The number of benzene rings is 2. The first kappa shape index (κ1) is 16.6. The van der Waals surface area contributed by atoms with Gasteiger partial charge in [-0.1, -0.05) is 48.5 Å². The van der Waals surface area contributed by atoms with Crippen molar-refractivity contribution in [3.05, 3.63) is 77.0 Å². The molecule has 0 saturated carbocycles. The Labute approximate surface area is 145 Å². The number of ether oxygens (including phenoxy) is 1. The van der Waals surface area contributed by atoms with Gasteiger partial charge < -0.3 is 20.5 Å². The first-order chi connectivity index (χ1) is 12.1. The summed E-state index contributed by atoms with van der Waals surface area (Å²) in [7, 11) is 0. The van der Waals surface area contributed by atoms with Crippen LogP contribution in [0.1, 0.15) is 24.1 Å². The van der Waals surface area contributed by atoms with Crippen molar-refractivity contribution >= 4 is 12.0 Å². The summed E-state index contributed by atoms with van der Waals surface area (Å²) in [6.45, 7) is 1.75. The molecule has 0 spiro atoms. The molecule has 6 heteroatoms. The van der Waals surface area contributed by atoms with Gasteiger partial charge in [-0.3, -0.25) is 0 Å². The van der Waals surface area contributed by atoms with E-state index in [9.17, 15) is 14.7 Å². The standard InChI is InChI=1S/C19H18N2O4/c1-12-16(18(23)25-11-13-7-3-2-4-8-13)17(21-19(24)20-12)14-9-5-6-10-15(14)22/h2-10,17,22H,11H2,1H3,(H2,20,21,24)/t17-/m0/s1. The quantitative estimate of drug-likeness (QED) is 0.748. The fourth-order valence-electron chi connectivity index (χ4n) is 2.73. The zero-order valence-corrected chi connectivity index (χ0v) is 13.7. The molecular weight excluding hydrogens is 320 g/mol. The van der Waals surface area contributed by atoms with Gasteiger partial charge in [0.25, 0.3) is 0 Å². The highest BCUT2D eigenvalue weighted by Gasteiger charge is 2.33. The van der Waals surface area contributed by atoms with Gasteiger partial charge in [-0.2, -0.15) is 0 Å². The van der Waals surface area contributed by atoms with Gasteiger partial charge in [0.05, 0.1) is 11.6 Å². The molecule has 1 aliphatic rings. The second kappa shape index (κ2) is 7.09. The molecule has 1 aliphatic heterocycles. The molecule has 0 fully saturated rings. The van der Waals surface area contributed by atoms with Crippen LogP contribution in [0, 0.1) is 0 Å². The second-order valence-electron chi connectivity index (χ2n) is 5.69. The van der Waals surface area contributed by atoms with Gasteiger partial charge in [0, 0.05) is 11.3 Å². The lowest BCUT2D eigenvalue weighted by atomic mass is 9.95. The smallest absolute Gasteiger partial charge is 0.338 e. The first-order valence-corrected chi connectivity index (χ1v) is 7.83. The van der Waals surface area contributed by atoms with Crippen molar-refractivity contribution in [1.82, 2.24) is 10.6 Å². The summed E-state index contributed by atoms with van der Waals surface area (Å²) < 4.78 is 5.40. The summed E-state index contributed by atoms with van der Waals surface area (Å²) in [5, 5.41) is 15.3. The summed E-state index contributed by atoms with van der Waals surface area (Å²) in [5.74, 6) is -0.557. The molecule has 2 aromatic rings. The molecule has 0 unspecified atom stereocenters. The lowest BCUT2D eigenvalue weighted by Crippen LogP contribution is -2.45. The molecule has 0 aromatic heterocycles. The van der Waals surface area contributed by atoms with Crippen LogP contribution in [-0.4, -0.2) is 17.1 Å². The van der Waals surface area contributed by atoms with Crippen molar-refractivity contribution in [3.63, 3.8) is 0 Å². The number of urea groups is 1. The highest BCUT2D eigenvalue weighted by atomic mass is 16.5. The number of hydrogen-bond donors (Lipinski definition) is 3. The van der Waals surface area contributed by atoms with Gasteiger partial charge in [-0.25, -0.2) is 9.59 Å². The molecule has 2 amide bonds. The predicted octanol–water partition coefficient (Wildman–Crippen LogP) is 2.76. The number of para-hydroxylation sites is 1. The molecule has 0 radical (unpaired) electrons. The summed E-state index contributed by atoms with van der Waals surface area (Å²) in [5.41, 5.74) is 1.96. The third kappa shape index (κ3) is 3.63. The van der Waals surface area contributed by atoms with Crippen LogP contribution in [0.5, 0.6) is 5.75 Å². The fraction of sp³-hybridized carbons (Fsp3) is 0.158. The molecule has 1 atom stereocenters. The lowest BCUT2D eigenvalue weighted by Gasteiger charge is -2.28. The SMILES string of the molecule is CC1=C(C(=O)OCc2ccccc2)[C@H](c2ccccc2O)NC(=O)N1. The average Bonchev–Trinajstić information content (AvgIpc) is 2.60. The number of esters is 1. The summed E-state index contributed by atoms with van der Waals surface area (Å²) in [4.78, 5) is 24.5. The Morgan fingerprint density at radius 1 is 1.12 bits per heavy atom. The van der Waals surface area contributed by atoms with Crippen LogP contribution < -0.4 is 10.6 Å². The lowest BCUT2D eigenvalue weighted by molar-refractivity contribution is -0.140. The van der Waals surface area contributed by atoms with Crippen LogP contribution >= 0.6 is 0 Å². The van der Waals surface area contributed by atoms with E-state index in [0.29, 0.717) is 11.3 Å². The van der Waals surface area contributed by atoms with E-state index < -0.39 is 18.0 Å². The molecule has 0 aliphatic carbocycles. The van der Waals surface area contributed by atoms with Crippen LogP contribution in [0.15, 0.2) is 65.9 Å². The second-order valence-corrected chi connectivity index (χ2v) is 5.69. The number of rotatable bonds is 4. The van der Waals surface area contributed by atoms with Crippen molar-refractivity contribution in [2.75, 3.05) is 0 Å². The predicted molar refractivity (Wildman–Crippen MR) is 91.5 cm³/mol. The zero-order chi connectivity index (χ0) is 17.8. The summed E-state index contributed by atoms with van der Waals surface area (Å²) in [6, 6.07) is 14.7. The minimum Gasteiger partial charge on any atom is -0.508 e. The Hall–Kier alpha value is -3.28. The van der Waals surface area contributed by atoms with Crippen molar-refractivity contribution < 1.29 is 19.4 Å². The Morgan fingerprint density at radius 2 is 1.80 bits per heavy atom. The highest BCUT2D eigenvalue weighted by Crippen LogP contribution is 2.32. The van der Waals surface area contributed by atoms with Crippen LogP contribution in [0.2, 0.25) is 0 Å². The molecule has 6 nitrogen and oxygen atoms in total. The van der Waals surface area contributed by atoms with E-state index in [-0.39, 0.29) is 17.9 Å². The maximum atomic E-state index is 12.6. The number of allylic oxidation sites excluding steroid dienone is 1. The number of nitrogens with one attached hydrogen (secondary N) is 2. The average molecular weight is 338 g/mol. The first-order valence-electron chi connectivity index (χ1n) is 7.83. The van der Waals surface area contributed by atoms with E-state index in [0.717, 1.165) is 5.56 Å². The van der Waals surface area contributed by atoms with Gasteiger partial charge in [-0.15, -0.1) is 0 Å². The van der Waals surface area contributed by atoms with Crippen LogP contribution in [0.25, 0.3) is 0 Å². The number of phenolic OH excluding ortho intramolecular Hbond substituents is 1. The zero-order valence-electron chi connectivity index (χ0n) is 13.7. The number of amides is 2. The van der Waals surface area contributed by atoms with Crippen molar-refractivity contribution in [2.45, 2.75) is 19.6 Å². The van der Waals surface area contributed by atoms with Crippen molar-refractivity contribution in [2.24, 2.45) is 0 Å². The Morgan fingerprint density at radius 3 is 2.52 bits per heavy atom. The molecular formula is C19H18N2O4. The van der Waals surface area contributed by atoms with Gasteiger partial charge in [0.2, 0.25) is 0 Å². The Bertz CT molecular complexity index is 830. The number of hydrogen-bond acceptors (Lipinski definition) is 4. The van der Waals surface area contributed by atoms with E-state index in [1.807, 2.05) is 30.3 Å². The van der Waals surface area contributed by atoms with Crippen LogP contribution in [0.3, 0.4) is 0 Å². The Kier molecular flexibility index (Phi) is 4.70. The van der Waals surface area contributed by atoms with E-state index >= 15 is 0 Å². The maximum absolute atomic E-state index is 12.6. The van der Waals surface area contributed by atoms with Crippen molar-refractivity contribution in [1.29, 1.82) is 0 Å². The van der Waals surface area contributed by atoms with Gasteiger partial charge in [0.1, 0.15) is 12.4 Å². The largest absolute Gasteiger partial charge is 0.508 e. The van der Waals surface area contributed by atoms with E-state index in [1.54, 1.807) is 25.1 Å². The molecule has 25 heavy (non-hydrogen) atoms. The molecule has 1 heterocycles. The molecule has 2 aromatic carbocycles.